The lowest BCUT2D eigenvalue weighted by atomic mass is 9.70. The zero-order valence-corrected chi connectivity index (χ0v) is 18.5. The molecule has 0 radical (unpaired) electrons. The zero-order chi connectivity index (χ0) is 22.0. The van der Waals surface area contributed by atoms with E-state index in [-0.39, 0.29) is 34.5 Å². The molecule has 2 fully saturated rings. The number of Topliss-reactive ketones (excluding diaryl/α,β-unsaturated/α-hetero) is 1. The molecule has 164 valence electrons. The first kappa shape index (κ1) is 20.3. The second-order valence-corrected chi connectivity index (χ2v) is 11.3. The lowest BCUT2D eigenvalue weighted by Crippen LogP contribution is -2.43. The summed E-state index contributed by atoms with van der Waals surface area (Å²) >= 11 is 0. The summed E-state index contributed by atoms with van der Waals surface area (Å²) in [5.41, 5.74) is 0.919. The third-order valence-electron chi connectivity index (χ3n) is 7.81. The van der Waals surface area contributed by atoms with E-state index in [4.69, 9.17) is 4.42 Å². The van der Waals surface area contributed by atoms with Crippen molar-refractivity contribution in [1.82, 2.24) is 0 Å². The quantitative estimate of drug-likeness (QED) is 0.763. The van der Waals surface area contributed by atoms with Crippen LogP contribution in [0.25, 0.3) is 0 Å². The number of hydrogen-bond acceptors (Lipinski definition) is 5. The minimum absolute atomic E-state index is 0.0725. The SMILES string of the molecule is CC1(C)C2CCC1(CS(=O)(=O)Nc1ccc3c(c1)N(C(=O)c1ccco1)CC3)C(=O)C2. The minimum Gasteiger partial charge on any atom is -0.459 e. The van der Waals surface area contributed by atoms with Gasteiger partial charge in [-0.3, -0.25) is 14.3 Å². The number of benzene rings is 1. The molecule has 7 nitrogen and oxygen atoms in total. The largest absolute Gasteiger partial charge is 0.459 e. The van der Waals surface area contributed by atoms with Crippen LogP contribution in [0.3, 0.4) is 0 Å². The standard InChI is InChI=1S/C23H26N2O5S/c1-22(2)16-7-9-23(22,20(26)12-16)14-31(28,29)24-17-6-5-15-8-10-25(18(15)13-17)21(27)19-4-3-11-30-19/h3-6,11,13,16,24H,7-10,12,14H2,1-2H3. The minimum atomic E-state index is -3.76. The van der Waals surface area contributed by atoms with Crippen LogP contribution in [0.15, 0.2) is 41.0 Å². The van der Waals surface area contributed by atoms with Crippen molar-refractivity contribution in [1.29, 1.82) is 0 Å². The molecule has 2 atom stereocenters. The molecule has 31 heavy (non-hydrogen) atoms. The monoisotopic (exact) mass is 442 g/mol. The lowest BCUT2D eigenvalue weighted by molar-refractivity contribution is -0.128. The van der Waals surface area contributed by atoms with E-state index in [1.807, 2.05) is 19.9 Å². The van der Waals surface area contributed by atoms with Crippen LogP contribution in [-0.4, -0.2) is 32.4 Å². The van der Waals surface area contributed by atoms with Crippen molar-refractivity contribution >= 4 is 33.1 Å². The predicted molar refractivity (Wildman–Crippen MR) is 117 cm³/mol. The van der Waals surface area contributed by atoms with Gasteiger partial charge in [0.15, 0.2) is 5.76 Å². The van der Waals surface area contributed by atoms with Crippen LogP contribution >= 0.6 is 0 Å². The Balaban J connectivity index is 1.39. The molecule has 2 aliphatic carbocycles. The van der Waals surface area contributed by atoms with Crippen molar-refractivity contribution in [2.75, 3.05) is 21.9 Å². The first-order valence-electron chi connectivity index (χ1n) is 10.7. The van der Waals surface area contributed by atoms with Crippen LogP contribution in [0.2, 0.25) is 0 Å². The number of anilines is 2. The highest BCUT2D eigenvalue weighted by atomic mass is 32.2. The van der Waals surface area contributed by atoms with Gasteiger partial charge in [0.2, 0.25) is 10.0 Å². The average molecular weight is 443 g/mol. The Morgan fingerprint density at radius 1 is 1.29 bits per heavy atom. The van der Waals surface area contributed by atoms with Crippen molar-refractivity contribution in [2.24, 2.45) is 16.7 Å². The van der Waals surface area contributed by atoms with E-state index in [1.165, 1.54) is 6.26 Å². The fourth-order valence-electron chi connectivity index (χ4n) is 5.84. The van der Waals surface area contributed by atoms with E-state index in [1.54, 1.807) is 29.2 Å². The fraction of sp³-hybridized carbons (Fsp3) is 0.478. The molecule has 2 heterocycles. The highest BCUT2D eigenvalue weighted by Crippen LogP contribution is 2.64. The van der Waals surface area contributed by atoms with Gasteiger partial charge in [0.25, 0.3) is 5.91 Å². The second-order valence-electron chi connectivity index (χ2n) is 9.56. The Hall–Kier alpha value is -2.61. The van der Waals surface area contributed by atoms with Crippen LogP contribution in [0.1, 0.15) is 49.2 Å². The predicted octanol–water partition coefficient (Wildman–Crippen LogP) is 3.62. The first-order chi connectivity index (χ1) is 14.6. The zero-order valence-electron chi connectivity index (χ0n) is 17.7. The molecule has 8 heteroatoms. The molecular formula is C23H26N2O5S. The Morgan fingerprint density at radius 2 is 2.10 bits per heavy atom. The average Bonchev–Trinajstić information content (AvgIpc) is 3.44. The van der Waals surface area contributed by atoms with Crippen molar-refractivity contribution in [2.45, 2.75) is 39.5 Å². The number of carbonyl (C=O) groups is 2. The molecule has 0 saturated heterocycles. The number of carbonyl (C=O) groups excluding carboxylic acids is 2. The first-order valence-corrected chi connectivity index (χ1v) is 12.3. The normalized spacial score (nSPS) is 26.3. The van der Waals surface area contributed by atoms with E-state index in [0.29, 0.717) is 37.2 Å². The van der Waals surface area contributed by atoms with Crippen LogP contribution < -0.4 is 9.62 Å². The number of amides is 1. The highest BCUT2D eigenvalue weighted by Gasteiger charge is 2.65. The van der Waals surface area contributed by atoms with E-state index >= 15 is 0 Å². The van der Waals surface area contributed by atoms with Crippen LogP contribution in [0.4, 0.5) is 11.4 Å². The smallest absolute Gasteiger partial charge is 0.293 e. The maximum absolute atomic E-state index is 13.1. The summed E-state index contributed by atoms with van der Waals surface area (Å²) in [5.74, 6) is 0.127. The highest BCUT2D eigenvalue weighted by molar-refractivity contribution is 7.92. The number of furan rings is 1. The van der Waals surface area contributed by atoms with Gasteiger partial charge in [-0.15, -0.1) is 0 Å². The van der Waals surface area contributed by atoms with Gasteiger partial charge >= 0.3 is 0 Å². The summed E-state index contributed by atoms with van der Waals surface area (Å²) in [7, 11) is -3.76. The number of nitrogens with zero attached hydrogens (tertiary/aromatic N) is 1. The van der Waals surface area contributed by atoms with E-state index in [0.717, 1.165) is 12.0 Å². The Labute approximate surface area is 181 Å². The third kappa shape index (κ3) is 3.03. The number of fused-ring (bicyclic) bond motifs is 3. The topological polar surface area (TPSA) is 96.7 Å². The van der Waals surface area contributed by atoms with Gasteiger partial charge in [0, 0.05) is 18.7 Å². The number of hydrogen-bond donors (Lipinski definition) is 1. The van der Waals surface area contributed by atoms with Gasteiger partial charge in [0.05, 0.1) is 23.1 Å². The van der Waals surface area contributed by atoms with Crippen molar-refractivity contribution in [3.63, 3.8) is 0 Å². The van der Waals surface area contributed by atoms with Crippen LogP contribution in [0.5, 0.6) is 0 Å². The second kappa shape index (κ2) is 6.69. The number of rotatable bonds is 5. The van der Waals surface area contributed by atoms with E-state index < -0.39 is 15.4 Å². The van der Waals surface area contributed by atoms with Gasteiger partial charge in [-0.05, 0) is 60.4 Å². The Kier molecular flexibility index (Phi) is 4.38. The summed E-state index contributed by atoms with van der Waals surface area (Å²) in [6, 6.07) is 8.53. The molecule has 3 aliphatic rings. The van der Waals surface area contributed by atoms with Gasteiger partial charge in [-0.25, -0.2) is 8.42 Å². The van der Waals surface area contributed by atoms with Crippen molar-refractivity contribution < 1.29 is 22.4 Å². The number of nitrogens with one attached hydrogen (secondary N) is 1. The van der Waals surface area contributed by atoms with Crippen LogP contribution in [-0.2, 0) is 21.2 Å². The number of sulfonamides is 1. The lowest BCUT2D eigenvalue weighted by Gasteiger charge is -2.36. The molecule has 5 rings (SSSR count). The molecule has 0 spiro atoms. The summed E-state index contributed by atoms with van der Waals surface area (Å²) in [5, 5.41) is 0. The Bertz CT molecular complexity index is 1170. The molecule has 2 unspecified atom stereocenters. The third-order valence-corrected chi connectivity index (χ3v) is 9.23. The van der Waals surface area contributed by atoms with Crippen LogP contribution in [0, 0.1) is 16.7 Å². The maximum Gasteiger partial charge on any atom is 0.293 e. The molecule has 2 bridgehead atoms. The molecule has 1 aromatic carbocycles. The number of ketones is 1. The Morgan fingerprint density at radius 3 is 2.74 bits per heavy atom. The van der Waals surface area contributed by atoms with Crippen molar-refractivity contribution in [3.05, 3.63) is 47.9 Å². The van der Waals surface area contributed by atoms with E-state index in [2.05, 4.69) is 4.72 Å². The summed E-state index contributed by atoms with van der Waals surface area (Å²) < 4.78 is 34.1. The molecule has 1 amide bonds. The van der Waals surface area contributed by atoms with Gasteiger partial charge in [-0.2, -0.15) is 0 Å². The van der Waals surface area contributed by atoms with Gasteiger partial charge < -0.3 is 9.32 Å². The fourth-order valence-corrected chi connectivity index (χ4v) is 7.72. The molecule has 2 saturated carbocycles. The van der Waals surface area contributed by atoms with Crippen molar-refractivity contribution in [3.8, 4) is 0 Å². The summed E-state index contributed by atoms with van der Waals surface area (Å²) in [6.07, 6.45) is 4.15. The summed E-state index contributed by atoms with van der Waals surface area (Å²) in [4.78, 5) is 27.1. The molecule has 1 aliphatic heterocycles. The van der Waals surface area contributed by atoms with Gasteiger partial charge in [0.1, 0.15) is 5.78 Å². The molecular weight excluding hydrogens is 416 g/mol. The van der Waals surface area contributed by atoms with E-state index in [9.17, 15) is 18.0 Å². The summed E-state index contributed by atoms with van der Waals surface area (Å²) in [6.45, 7) is 4.56. The molecule has 1 aromatic heterocycles. The molecule has 1 N–H and O–H groups in total. The maximum atomic E-state index is 13.1. The molecule has 2 aromatic rings. The van der Waals surface area contributed by atoms with Gasteiger partial charge in [-0.1, -0.05) is 19.9 Å².